The average molecular weight is 205 g/mol. The van der Waals surface area contributed by atoms with Crippen molar-refractivity contribution < 1.29 is 0 Å². The summed E-state index contributed by atoms with van der Waals surface area (Å²) in [5, 5.41) is 0.662. The minimum Gasteiger partial charge on any atom is -0.264 e. The maximum absolute atomic E-state index is 5.83. The second kappa shape index (κ2) is 3.76. The number of halogens is 1. The summed E-state index contributed by atoms with van der Waals surface area (Å²) in [5.41, 5.74) is 3.01. The Kier molecular flexibility index (Phi) is 2.46. The highest BCUT2D eigenvalue weighted by Gasteiger charge is 2.03. The fourth-order valence-corrected chi connectivity index (χ4v) is 1.56. The van der Waals surface area contributed by atoms with Gasteiger partial charge in [0.15, 0.2) is 0 Å². The summed E-state index contributed by atoms with van der Waals surface area (Å²) in [7, 11) is 0. The van der Waals surface area contributed by atoms with Crippen LogP contribution in [-0.2, 0) is 0 Å². The van der Waals surface area contributed by atoms with Crippen molar-refractivity contribution in [1.29, 1.82) is 0 Å². The van der Waals surface area contributed by atoms with Crippen LogP contribution >= 0.6 is 11.6 Å². The highest BCUT2D eigenvalue weighted by atomic mass is 35.5. The predicted molar refractivity (Wildman–Crippen MR) is 57.2 cm³/mol. The Morgan fingerprint density at radius 2 is 2.14 bits per heavy atom. The standard InChI is InChI=1S/C11H9ClN2/c1-8-5-10(12)7-14-11(8)9-3-2-4-13-6-9/h2-7H,1H3. The molecule has 0 saturated heterocycles. The summed E-state index contributed by atoms with van der Waals surface area (Å²) < 4.78 is 0. The van der Waals surface area contributed by atoms with E-state index in [0.29, 0.717) is 5.02 Å². The number of nitrogens with zero attached hydrogens (tertiary/aromatic N) is 2. The van der Waals surface area contributed by atoms with Crippen LogP contribution in [0.15, 0.2) is 36.8 Å². The van der Waals surface area contributed by atoms with Gasteiger partial charge in [-0.2, -0.15) is 0 Å². The molecule has 0 N–H and O–H groups in total. The minimum absolute atomic E-state index is 0.662. The van der Waals surface area contributed by atoms with Gasteiger partial charge >= 0.3 is 0 Å². The van der Waals surface area contributed by atoms with Crippen LogP contribution in [-0.4, -0.2) is 9.97 Å². The van der Waals surface area contributed by atoms with Gasteiger partial charge in [0.2, 0.25) is 0 Å². The fraction of sp³-hybridized carbons (Fsp3) is 0.0909. The van der Waals surface area contributed by atoms with E-state index in [1.165, 1.54) is 0 Å². The van der Waals surface area contributed by atoms with E-state index in [0.717, 1.165) is 16.8 Å². The molecule has 0 radical (unpaired) electrons. The topological polar surface area (TPSA) is 25.8 Å². The van der Waals surface area contributed by atoms with E-state index in [2.05, 4.69) is 9.97 Å². The predicted octanol–water partition coefficient (Wildman–Crippen LogP) is 3.11. The van der Waals surface area contributed by atoms with Gasteiger partial charge in [-0.25, -0.2) is 0 Å². The number of aromatic nitrogens is 2. The zero-order chi connectivity index (χ0) is 9.97. The van der Waals surface area contributed by atoms with Gasteiger partial charge in [-0.15, -0.1) is 0 Å². The molecule has 2 rings (SSSR count). The zero-order valence-corrected chi connectivity index (χ0v) is 8.49. The molecular weight excluding hydrogens is 196 g/mol. The molecule has 0 atom stereocenters. The molecule has 2 nitrogen and oxygen atoms in total. The Labute approximate surface area is 87.6 Å². The molecule has 0 aliphatic heterocycles. The van der Waals surface area contributed by atoms with Gasteiger partial charge in [0, 0.05) is 24.2 Å². The Morgan fingerprint density at radius 1 is 1.29 bits per heavy atom. The van der Waals surface area contributed by atoms with Crippen LogP contribution in [0.3, 0.4) is 0 Å². The molecule has 0 aliphatic carbocycles. The van der Waals surface area contributed by atoms with E-state index in [-0.39, 0.29) is 0 Å². The SMILES string of the molecule is Cc1cc(Cl)cnc1-c1cccnc1. The molecule has 0 bridgehead atoms. The highest BCUT2D eigenvalue weighted by molar-refractivity contribution is 6.30. The van der Waals surface area contributed by atoms with Crippen molar-refractivity contribution in [3.05, 3.63) is 47.4 Å². The molecule has 0 aromatic carbocycles. The van der Waals surface area contributed by atoms with E-state index < -0.39 is 0 Å². The van der Waals surface area contributed by atoms with E-state index in [9.17, 15) is 0 Å². The van der Waals surface area contributed by atoms with Crippen LogP contribution < -0.4 is 0 Å². The monoisotopic (exact) mass is 204 g/mol. The highest BCUT2D eigenvalue weighted by Crippen LogP contribution is 2.21. The van der Waals surface area contributed by atoms with Crippen molar-refractivity contribution in [2.75, 3.05) is 0 Å². The van der Waals surface area contributed by atoms with Crippen LogP contribution in [0.4, 0.5) is 0 Å². The molecule has 0 spiro atoms. The summed E-state index contributed by atoms with van der Waals surface area (Å²) >= 11 is 5.83. The molecule has 0 saturated carbocycles. The molecule has 2 aromatic rings. The van der Waals surface area contributed by atoms with E-state index >= 15 is 0 Å². The molecule has 14 heavy (non-hydrogen) atoms. The first-order valence-electron chi connectivity index (χ1n) is 4.30. The van der Waals surface area contributed by atoms with Gasteiger partial charge in [-0.3, -0.25) is 9.97 Å². The Bertz CT molecular complexity index is 440. The molecule has 0 unspecified atom stereocenters. The summed E-state index contributed by atoms with van der Waals surface area (Å²) in [6.07, 6.45) is 5.19. The third-order valence-electron chi connectivity index (χ3n) is 1.98. The number of hydrogen-bond donors (Lipinski definition) is 0. The van der Waals surface area contributed by atoms with E-state index in [1.54, 1.807) is 18.6 Å². The number of hydrogen-bond acceptors (Lipinski definition) is 2. The van der Waals surface area contributed by atoms with Gasteiger partial charge in [0.05, 0.1) is 10.7 Å². The van der Waals surface area contributed by atoms with Crippen LogP contribution in [0.1, 0.15) is 5.56 Å². The van der Waals surface area contributed by atoms with Crippen molar-refractivity contribution in [3.8, 4) is 11.3 Å². The second-order valence-electron chi connectivity index (χ2n) is 3.06. The van der Waals surface area contributed by atoms with E-state index in [1.807, 2.05) is 25.1 Å². The smallest absolute Gasteiger partial charge is 0.0747 e. The number of pyridine rings is 2. The zero-order valence-electron chi connectivity index (χ0n) is 7.74. The Balaban J connectivity index is 2.53. The lowest BCUT2D eigenvalue weighted by Gasteiger charge is -2.03. The first-order valence-corrected chi connectivity index (χ1v) is 4.68. The summed E-state index contributed by atoms with van der Waals surface area (Å²) in [4.78, 5) is 8.33. The minimum atomic E-state index is 0.662. The van der Waals surface area contributed by atoms with Crippen LogP contribution in [0.25, 0.3) is 11.3 Å². The first kappa shape index (κ1) is 9.16. The van der Waals surface area contributed by atoms with Gasteiger partial charge in [0.25, 0.3) is 0 Å². The van der Waals surface area contributed by atoms with Crippen molar-refractivity contribution in [2.24, 2.45) is 0 Å². The number of rotatable bonds is 1. The normalized spacial score (nSPS) is 10.1. The van der Waals surface area contributed by atoms with Crippen LogP contribution in [0.5, 0.6) is 0 Å². The third kappa shape index (κ3) is 1.75. The lowest BCUT2D eigenvalue weighted by Crippen LogP contribution is -1.88. The molecule has 2 aromatic heterocycles. The molecule has 70 valence electrons. The molecule has 0 amide bonds. The Morgan fingerprint density at radius 3 is 2.79 bits per heavy atom. The summed E-state index contributed by atoms with van der Waals surface area (Å²) in [5.74, 6) is 0. The van der Waals surface area contributed by atoms with Crippen LogP contribution in [0.2, 0.25) is 5.02 Å². The van der Waals surface area contributed by atoms with Gasteiger partial charge in [0.1, 0.15) is 0 Å². The summed E-state index contributed by atoms with van der Waals surface area (Å²) in [6, 6.07) is 5.78. The lowest BCUT2D eigenvalue weighted by molar-refractivity contribution is 1.24. The molecule has 0 aliphatic rings. The van der Waals surface area contributed by atoms with Gasteiger partial charge < -0.3 is 0 Å². The largest absolute Gasteiger partial charge is 0.264 e. The van der Waals surface area contributed by atoms with Crippen molar-refractivity contribution in [2.45, 2.75) is 6.92 Å². The first-order chi connectivity index (χ1) is 6.77. The van der Waals surface area contributed by atoms with Crippen molar-refractivity contribution in [1.82, 2.24) is 9.97 Å². The maximum Gasteiger partial charge on any atom is 0.0747 e. The van der Waals surface area contributed by atoms with E-state index in [4.69, 9.17) is 11.6 Å². The molecule has 2 heterocycles. The van der Waals surface area contributed by atoms with Gasteiger partial charge in [-0.1, -0.05) is 11.6 Å². The van der Waals surface area contributed by atoms with Crippen LogP contribution in [0, 0.1) is 6.92 Å². The summed E-state index contributed by atoms with van der Waals surface area (Å²) in [6.45, 7) is 1.99. The average Bonchev–Trinajstić information content (AvgIpc) is 2.19. The lowest BCUT2D eigenvalue weighted by atomic mass is 10.1. The maximum atomic E-state index is 5.83. The van der Waals surface area contributed by atoms with Gasteiger partial charge in [-0.05, 0) is 30.7 Å². The second-order valence-corrected chi connectivity index (χ2v) is 3.50. The quantitative estimate of drug-likeness (QED) is 0.714. The fourth-order valence-electron chi connectivity index (χ4n) is 1.35. The number of aryl methyl sites for hydroxylation is 1. The molecule has 0 fully saturated rings. The molecule has 3 heteroatoms. The molecular formula is C11H9ClN2. The van der Waals surface area contributed by atoms with Crippen molar-refractivity contribution in [3.63, 3.8) is 0 Å². The third-order valence-corrected chi connectivity index (χ3v) is 2.19. The Hall–Kier alpha value is -1.41. The van der Waals surface area contributed by atoms with Crippen molar-refractivity contribution >= 4 is 11.6 Å².